The Kier molecular flexibility index (Phi) is 4.89. The topological polar surface area (TPSA) is 0 Å². The molecule has 0 N–H and O–H groups in total. The summed E-state index contributed by atoms with van der Waals surface area (Å²) < 4.78 is 0. The molecule has 1 unspecified atom stereocenters. The molecule has 0 bridgehead atoms. The Labute approximate surface area is 78.8 Å². The zero-order chi connectivity index (χ0) is 9.78. The average molecular weight is 169 g/mol. The zero-order valence-corrected chi connectivity index (χ0v) is 9.48. The molecule has 12 heavy (non-hydrogen) atoms. The molecule has 0 rings (SSSR count). The predicted molar refractivity (Wildman–Crippen MR) is 57.0 cm³/mol. The van der Waals surface area contributed by atoms with Crippen LogP contribution in [0.3, 0.4) is 0 Å². The maximum Gasteiger partial charge on any atom is -0.0351 e. The zero-order valence-electron chi connectivity index (χ0n) is 9.48. The Bertz CT molecular complexity index is 106. The first-order valence-corrected chi connectivity index (χ1v) is 5.20. The normalized spacial score (nSPS) is 15.2. The summed E-state index contributed by atoms with van der Waals surface area (Å²) in [4.78, 5) is 0. The lowest BCUT2D eigenvalue weighted by Gasteiger charge is -2.26. The van der Waals surface area contributed by atoms with Gasteiger partial charge >= 0.3 is 0 Å². The first-order chi connectivity index (χ1) is 5.35. The fourth-order valence-electron chi connectivity index (χ4n) is 1.84. The van der Waals surface area contributed by atoms with Crippen molar-refractivity contribution < 1.29 is 0 Å². The van der Waals surface area contributed by atoms with Crippen molar-refractivity contribution in [3.63, 3.8) is 0 Å². The van der Waals surface area contributed by atoms with E-state index >= 15 is 0 Å². The van der Waals surface area contributed by atoms with Gasteiger partial charge in [-0.2, -0.15) is 0 Å². The molecule has 0 aromatic rings. The molecule has 0 spiro atoms. The molecule has 0 saturated heterocycles. The van der Waals surface area contributed by atoms with E-state index < -0.39 is 0 Å². The van der Waals surface area contributed by atoms with Crippen LogP contribution in [0.5, 0.6) is 0 Å². The SMILES string of the molecule is [CH2]C(C)(C)CC(CC)CC(C)C. The lowest BCUT2D eigenvalue weighted by atomic mass is 9.80. The highest BCUT2D eigenvalue weighted by atomic mass is 14.2. The minimum atomic E-state index is 0.259. The second-order valence-electron chi connectivity index (χ2n) is 5.27. The van der Waals surface area contributed by atoms with Crippen molar-refractivity contribution in [3.8, 4) is 0 Å². The van der Waals surface area contributed by atoms with E-state index in [-0.39, 0.29) is 5.41 Å². The predicted octanol–water partition coefficient (Wildman–Crippen LogP) is 4.31. The molecular formula is C12H25. The average Bonchev–Trinajstić information content (AvgIpc) is 1.82. The summed E-state index contributed by atoms with van der Waals surface area (Å²) in [6.07, 6.45) is 3.92. The van der Waals surface area contributed by atoms with Crippen molar-refractivity contribution in [1.82, 2.24) is 0 Å². The fourth-order valence-corrected chi connectivity index (χ4v) is 1.84. The second kappa shape index (κ2) is 4.89. The Hall–Kier alpha value is 0. The molecule has 0 aliphatic carbocycles. The standard InChI is InChI=1S/C12H25/c1-7-11(8-10(2)3)9-12(4,5)6/h10-11H,4,7-9H2,1-3,5-6H3. The van der Waals surface area contributed by atoms with E-state index in [1.807, 2.05) is 0 Å². The lowest BCUT2D eigenvalue weighted by molar-refractivity contribution is 0.282. The molecular weight excluding hydrogens is 144 g/mol. The van der Waals surface area contributed by atoms with Crippen molar-refractivity contribution in [3.05, 3.63) is 6.92 Å². The van der Waals surface area contributed by atoms with Crippen LogP contribution in [0.4, 0.5) is 0 Å². The summed E-state index contributed by atoms with van der Waals surface area (Å²) in [5.41, 5.74) is 0.259. The van der Waals surface area contributed by atoms with Crippen LogP contribution in [0.25, 0.3) is 0 Å². The first kappa shape index (κ1) is 12.0. The summed E-state index contributed by atoms with van der Waals surface area (Å²) in [5.74, 6) is 1.70. The summed E-state index contributed by atoms with van der Waals surface area (Å²) in [7, 11) is 0. The van der Waals surface area contributed by atoms with Crippen molar-refractivity contribution >= 4 is 0 Å². The molecule has 1 radical (unpaired) electrons. The van der Waals surface area contributed by atoms with Crippen LogP contribution in [0, 0.1) is 24.2 Å². The van der Waals surface area contributed by atoms with Crippen LogP contribution in [0.15, 0.2) is 0 Å². The van der Waals surface area contributed by atoms with Crippen LogP contribution in [-0.2, 0) is 0 Å². The van der Waals surface area contributed by atoms with E-state index in [9.17, 15) is 0 Å². The van der Waals surface area contributed by atoms with Gasteiger partial charge in [-0.15, -0.1) is 0 Å². The molecule has 0 nitrogen and oxygen atoms in total. The third kappa shape index (κ3) is 6.69. The summed E-state index contributed by atoms with van der Waals surface area (Å²) in [6.45, 7) is 15.5. The smallest absolute Gasteiger partial charge is 0.0351 e. The lowest BCUT2D eigenvalue weighted by Crippen LogP contribution is -2.14. The van der Waals surface area contributed by atoms with Gasteiger partial charge in [0.15, 0.2) is 0 Å². The summed E-state index contributed by atoms with van der Waals surface area (Å²) in [5, 5.41) is 0. The van der Waals surface area contributed by atoms with E-state index in [4.69, 9.17) is 0 Å². The molecule has 0 heterocycles. The number of hydrogen-bond donors (Lipinski definition) is 0. The van der Waals surface area contributed by atoms with Crippen LogP contribution in [0.1, 0.15) is 53.9 Å². The van der Waals surface area contributed by atoms with Gasteiger partial charge in [0.1, 0.15) is 0 Å². The Morgan fingerprint density at radius 1 is 1.25 bits per heavy atom. The van der Waals surface area contributed by atoms with E-state index in [1.54, 1.807) is 0 Å². The molecule has 0 fully saturated rings. The van der Waals surface area contributed by atoms with E-state index in [2.05, 4.69) is 41.5 Å². The van der Waals surface area contributed by atoms with Crippen LogP contribution < -0.4 is 0 Å². The van der Waals surface area contributed by atoms with Gasteiger partial charge in [-0.3, -0.25) is 0 Å². The molecule has 0 aromatic heterocycles. The third-order valence-electron chi connectivity index (χ3n) is 2.22. The molecule has 0 amide bonds. The Balaban J connectivity index is 3.83. The van der Waals surface area contributed by atoms with Gasteiger partial charge in [0.05, 0.1) is 0 Å². The highest BCUT2D eigenvalue weighted by molar-refractivity contribution is 4.75. The fraction of sp³-hybridized carbons (Fsp3) is 0.917. The van der Waals surface area contributed by atoms with Gasteiger partial charge in [-0.1, -0.05) is 41.0 Å². The number of hydrogen-bond acceptors (Lipinski definition) is 0. The molecule has 0 heteroatoms. The summed E-state index contributed by atoms with van der Waals surface area (Å²) >= 11 is 0. The van der Waals surface area contributed by atoms with Crippen molar-refractivity contribution in [2.75, 3.05) is 0 Å². The van der Waals surface area contributed by atoms with Gasteiger partial charge in [0.2, 0.25) is 0 Å². The largest absolute Gasteiger partial charge is 0.0651 e. The van der Waals surface area contributed by atoms with E-state index in [1.165, 1.54) is 19.3 Å². The Morgan fingerprint density at radius 2 is 1.75 bits per heavy atom. The van der Waals surface area contributed by atoms with Crippen molar-refractivity contribution in [2.24, 2.45) is 17.3 Å². The molecule has 1 atom stereocenters. The van der Waals surface area contributed by atoms with E-state index in [0.717, 1.165) is 11.8 Å². The van der Waals surface area contributed by atoms with E-state index in [0.29, 0.717) is 0 Å². The minimum absolute atomic E-state index is 0.259. The van der Waals surface area contributed by atoms with Crippen LogP contribution in [-0.4, -0.2) is 0 Å². The molecule has 73 valence electrons. The van der Waals surface area contributed by atoms with Crippen LogP contribution in [0.2, 0.25) is 0 Å². The highest BCUT2D eigenvalue weighted by Gasteiger charge is 2.17. The first-order valence-electron chi connectivity index (χ1n) is 5.20. The maximum absolute atomic E-state index is 4.17. The third-order valence-corrected chi connectivity index (χ3v) is 2.22. The quantitative estimate of drug-likeness (QED) is 0.575. The molecule has 0 saturated carbocycles. The maximum atomic E-state index is 4.17. The Morgan fingerprint density at radius 3 is 2.00 bits per heavy atom. The van der Waals surface area contributed by atoms with Crippen LogP contribution >= 0.6 is 0 Å². The summed E-state index contributed by atoms with van der Waals surface area (Å²) in [6, 6.07) is 0. The minimum Gasteiger partial charge on any atom is -0.0651 e. The van der Waals surface area contributed by atoms with Gasteiger partial charge in [-0.25, -0.2) is 0 Å². The monoisotopic (exact) mass is 169 g/mol. The molecule has 0 aromatic carbocycles. The molecule has 0 aliphatic rings. The van der Waals surface area contributed by atoms with Crippen molar-refractivity contribution in [1.29, 1.82) is 0 Å². The molecule has 0 aliphatic heterocycles. The number of rotatable bonds is 5. The van der Waals surface area contributed by atoms with Crippen molar-refractivity contribution in [2.45, 2.75) is 53.9 Å². The highest BCUT2D eigenvalue weighted by Crippen LogP contribution is 2.29. The second-order valence-corrected chi connectivity index (χ2v) is 5.27. The van der Waals surface area contributed by atoms with Gasteiger partial charge in [0, 0.05) is 0 Å². The van der Waals surface area contributed by atoms with Gasteiger partial charge < -0.3 is 0 Å². The van der Waals surface area contributed by atoms with Gasteiger partial charge in [-0.05, 0) is 37.0 Å². The van der Waals surface area contributed by atoms with Gasteiger partial charge in [0.25, 0.3) is 0 Å².